The van der Waals surface area contributed by atoms with Gasteiger partial charge in [0.25, 0.3) is 5.91 Å². The Labute approximate surface area is 154 Å². The summed E-state index contributed by atoms with van der Waals surface area (Å²) in [5, 5.41) is 9.88. The molecule has 7 heteroatoms. The van der Waals surface area contributed by atoms with Crippen LogP contribution in [-0.4, -0.2) is 28.7 Å². The number of fused-ring (bicyclic) bond motifs is 1. The fourth-order valence-corrected chi connectivity index (χ4v) is 3.96. The Morgan fingerprint density at radius 1 is 1.12 bits per heavy atom. The van der Waals surface area contributed by atoms with E-state index in [4.69, 9.17) is 4.74 Å². The van der Waals surface area contributed by atoms with Crippen molar-refractivity contribution in [2.24, 2.45) is 0 Å². The van der Waals surface area contributed by atoms with Crippen LogP contribution in [0.4, 0.5) is 0 Å². The monoisotopic (exact) mass is 451 g/mol. The number of hydrogen-bond acceptors (Lipinski definition) is 3. The normalized spacial score (nSPS) is 10.8. The van der Waals surface area contributed by atoms with Gasteiger partial charge in [0, 0.05) is 16.1 Å². The summed E-state index contributed by atoms with van der Waals surface area (Å²) in [6, 6.07) is 10.3. The third-order valence-electron chi connectivity index (χ3n) is 3.60. The molecule has 3 rings (SSSR count). The molecule has 0 fully saturated rings. The first-order chi connectivity index (χ1) is 11.4. The van der Waals surface area contributed by atoms with E-state index in [1.165, 1.54) is 17.9 Å². The number of para-hydroxylation sites is 1. The summed E-state index contributed by atoms with van der Waals surface area (Å²) in [4.78, 5) is 24.5. The molecule has 0 atom stereocenters. The smallest absolute Gasteiger partial charge is 0.337 e. The standard InChI is InChI=1S/C17H11Br2NO4/c1-24-15-11(6-9(18)7-13(15)19)16(21)20-8-12(17(22)23)10-4-2-3-5-14(10)20/h2-8H,1H3,(H,22,23). The number of nitrogens with zero attached hydrogens (tertiary/aromatic N) is 1. The van der Waals surface area contributed by atoms with Gasteiger partial charge in [0.1, 0.15) is 5.75 Å². The lowest BCUT2D eigenvalue weighted by molar-refractivity contribution is 0.0699. The predicted molar refractivity (Wildman–Crippen MR) is 97.0 cm³/mol. The highest BCUT2D eigenvalue weighted by atomic mass is 79.9. The summed E-state index contributed by atoms with van der Waals surface area (Å²) in [6.45, 7) is 0. The molecular formula is C17H11Br2NO4. The van der Waals surface area contributed by atoms with Gasteiger partial charge in [-0.3, -0.25) is 9.36 Å². The third-order valence-corrected chi connectivity index (χ3v) is 4.65. The van der Waals surface area contributed by atoms with E-state index >= 15 is 0 Å². The first-order valence-electron chi connectivity index (χ1n) is 6.85. The fourth-order valence-electron chi connectivity index (χ4n) is 2.57. The minimum absolute atomic E-state index is 0.0759. The van der Waals surface area contributed by atoms with Crippen LogP contribution >= 0.6 is 31.9 Å². The van der Waals surface area contributed by atoms with Crippen LogP contribution in [0.3, 0.4) is 0 Å². The van der Waals surface area contributed by atoms with Gasteiger partial charge in [-0.2, -0.15) is 0 Å². The van der Waals surface area contributed by atoms with E-state index in [1.807, 2.05) is 0 Å². The highest BCUT2D eigenvalue weighted by molar-refractivity contribution is 9.11. The molecule has 24 heavy (non-hydrogen) atoms. The molecule has 0 aliphatic carbocycles. The van der Waals surface area contributed by atoms with E-state index in [0.717, 1.165) is 0 Å². The summed E-state index contributed by atoms with van der Waals surface area (Å²) < 4.78 is 7.98. The molecule has 0 spiro atoms. The number of carbonyl (C=O) groups excluding carboxylic acids is 1. The van der Waals surface area contributed by atoms with Crippen molar-refractivity contribution in [3.8, 4) is 5.75 Å². The van der Waals surface area contributed by atoms with E-state index in [-0.39, 0.29) is 11.5 Å². The van der Waals surface area contributed by atoms with Gasteiger partial charge in [-0.25, -0.2) is 4.79 Å². The van der Waals surface area contributed by atoms with Crippen LogP contribution in [0.15, 0.2) is 51.5 Å². The second-order valence-corrected chi connectivity index (χ2v) is 6.78. The molecule has 1 heterocycles. The van der Waals surface area contributed by atoms with Crippen LogP contribution in [0.1, 0.15) is 20.7 Å². The van der Waals surface area contributed by atoms with Crippen LogP contribution in [0.25, 0.3) is 10.9 Å². The Morgan fingerprint density at radius 3 is 2.50 bits per heavy atom. The molecule has 0 aliphatic heterocycles. The van der Waals surface area contributed by atoms with E-state index < -0.39 is 5.97 Å². The molecule has 0 bridgehead atoms. The largest absolute Gasteiger partial charge is 0.495 e. The Hall–Kier alpha value is -2.12. The molecule has 0 saturated heterocycles. The average Bonchev–Trinajstić information content (AvgIpc) is 2.93. The predicted octanol–water partition coefficient (Wildman–Crippen LogP) is 4.56. The zero-order valence-electron chi connectivity index (χ0n) is 12.4. The maximum atomic E-state index is 13.0. The number of carboxylic acid groups (broad SMARTS) is 1. The Kier molecular flexibility index (Phi) is 4.47. The fraction of sp³-hybridized carbons (Fsp3) is 0.0588. The number of carbonyl (C=O) groups is 2. The topological polar surface area (TPSA) is 68.5 Å². The summed E-state index contributed by atoms with van der Waals surface area (Å²) in [6.07, 6.45) is 1.34. The van der Waals surface area contributed by atoms with E-state index in [2.05, 4.69) is 31.9 Å². The molecule has 5 nitrogen and oxygen atoms in total. The van der Waals surface area contributed by atoms with Crippen molar-refractivity contribution in [1.29, 1.82) is 0 Å². The summed E-state index contributed by atoms with van der Waals surface area (Å²) in [5.74, 6) is -1.07. The van der Waals surface area contributed by atoms with Gasteiger partial charge in [0.15, 0.2) is 0 Å². The Bertz CT molecular complexity index is 978. The third kappa shape index (κ3) is 2.74. The molecular weight excluding hydrogens is 442 g/mol. The number of hydrogen-bond donors (Lipinski definition) is 1. The first kappa shape index (κ1) is 16.7. The molecule has 3 aromatic rings. The van der Waals surface area contributed by atoms with Crippen LogP contribution in [0.5, 0.6) is 5.75 Å². The van der Waals surface area contributed by atoms with Crippen molar-refractivity contribution in [3.63, 3.8) is 0 Å². The summed E-state index contributed by atoms with van der Waals surface area (Å²) >= 11 is 6.72. The number of rotatable bonds is 3. The molecule has 0 unspecified atom stereocenters. The van der Waals surface area contributed by atoms with Crippen LogP contribution in [0.2, 0.25) is 0 Å². The second kappa shape index (κ2) is 6.41. The number of benzene rings is 2. The number of aromatic carboxylic acids is 1. The van der Waals surface area contributed by atoms with Crippen molar-refractivity contribution < 1.29 is 19.4 Å². The average molecular weight is 453 g/mol. The molecule has 0 saturated carbocycles. The van der Waals surface area contributed by atoms with Gasteiger partial charge in [-0.05, 0) is 34.1 Å². The number of ether oxygens (including phenoxy) is 1. The molecule has 1 aromatic heterocycles. The van der Waals surface area contributed by atoms with E-state index in [9.17, 15) is 14.7 Å². The van der Waals surface area contributed by atoms with Gasteiger partial charge in [0.2, 0.25) is 0 Å². The van der Waals surface area contributed by atoms with E-state index in [1.54, 1.807) is 36.4 Å². The molecule has 0 radical (unpaired) electrons. The Balaban J connectivity index is 2.26. The lowest BCUT2D eigenvalue weighted by Crippen LogP contribution is -2.12. The zero-order chi connectivity index (χ0) is 17.4. The van der Waals surface area contributed by atoms with Gasteiger partial charge >= 0.3 is 5.97 Å². The zero-order valence-corrected chi connectivity index (χ0v) is 15.6. The van der Waals surface area contributed by atoms with Crippen molar-refractivity contribution in [3.05, 3.63) is 62.7 Å². The minimum Gasteiger partial charge on any atom is -0.495 e. The van der Waals surface area contributed by atoms with Crippen LogP contribution < -0.4 is 4.74 Å². The highest BCUT2D eigenvalue weighted by Gasteiger charge is 2.22. The molecule has 2 aromatic carbocycles. The maximum Gasteiger partial charge on any atom is 0.337 e. The SMILES string of the molecule is COc1c(Br)cc(Br)cc1C(=O)n1cc(C(=O)O)c2ccccc21. The number of carboxylic acids is 1. The van der Waals surface area contributed by atoms with Crippen molar-refractivity contribution in [2.75, 3.05) is 7.11 Å². The lowest BCUT2D eigenvalue weighted by atomic mass is 10.1. The number of aromatic nitrogens is 1. The summed E-state index contributed by atoms with van der Waals surface area (Å²) in [5.41, 5.74) is 0.918. The van der Waals surface area contributed by atoms with Crippen molar-refractivity contribution >= 4 is 54.6 Å². The van der Waals surface area contributed by atoms with Crippen molar-refractivity contribution in [1.82, 2.24) is 4.57 Å². The quantitative estimate of drug-likeness (QED) is 0.632. The Morgan fingerprint density at radius 2 is 1.83 bits per heavy atom. The van der Waals surface area contributed by atoms with Crippen LogP contribution in [0, 0.1) is 0 Å². The van der Waals surface area contributed by atoms with Gasteiger partial charge in [-0.1, -0.05) is 34.1 Å². The summed E-state index contributed by atoms with van der Waals surface area (Å²) in [7, 11) is 1.47. The number of halogens is 2. The minimum atomic E-state index is -1.08. The molecule has 0 amide bonds. The number of methoxy groups -OCH3 is 1. The van der Waals surface area contributed by atoms with Crippen molar-refractivity contribution in [2.45, 2.75) is 0 Å². The van der Waals surface area contributed by atoms with E-state index in [0.29, 0.717) is 31.2 Å². The van der Waals surface area contributed by atoms with Crippen LogP contribution in [-0.2, 0) is 0 Å². The second-order valence-electron chi connectivity index (χ2n) is 5.01. The lowest BCUT2D eigenvalue weighted by Gasteiger charge is -2.11. The first-order valence-corrected chi connectivity index (χ1v) is 8.43. The maximum absolute atomic E-state index is 13.0. The highest BCUT2D eigenvalue weighted by Crippen LogP contribution is 2.34. The van der Waals surface area contributed by atoms with Gasteiger partial charge < -0.3 is 9.84 Å². The molecule has 1 N–H and O–H groups in total. The molecule has 122 valence electrons. The van der Waals surface area contributed by atoms with Gasteiger partial charge in [-0.15, -0.1) is 0 Å². The molecule has 0 aliphatic rings. The van der Waals surface area contributed by atoms with Gasteiger partial charge in [0.05, 0.1) is 28.2 Å².